The molecule has 0 saturated heterocycles. The van der Waals surface area contributed by atoms with Gasteiger partial charge in [0.05, 0.1) is 0 Å². The molecule has 0 amide bonds. The van der Waals surface area contributed by atoms with Gasteiger partial charge >= 0.3 is 0 Å². The van der Waals surface area contributed by atoms with Gasteiger partial charge in [0.1, 0.15) is 0 Å². The molecule has 4 rings (SSSR count). The molecular weight excluding hydrogens is 396 g/mol. The molecule has 0 radical (unpaired) electrons. The molecule has 0 spiro atoms. The van der Waals surface area contributed by atoms with Crippen LogP contribution < -0.4 is 0 Å². The molecule has 0 aromatic rings. The van der Waals surface area contributed by atoms with E-state index in [9.17, 15) is 5.11 Å². The fourth-order valence-corrected chi connectivity index (χ4v) is 9.81. The van der Waals surface area contributed by atoms with Gasteiger partial charge < -0.3 is 9.53 Å². The smallest absolute Gasteiger partial charge is 0.192 e. The Kier molecular flexibility index (Phi) is 6.18. The molecule has 0 aromatic carbocycles. The predicted octanol–water partition coefficient (Wildman–Crippen LogP) is 7.58. The van der Waals surface area contributed by atoms with E-state index in [1.165, 1.54) is 51.4 Å². The minimum Gasteiger partial charge on any atom is -0.414 e. The van der Waals surface area contributed by atoms with Crippen LogP contribution in [-0.4, -0.2) is 26.1 Å². The minimum atomic E-state index is -1.71. The number of aliphatic hydroxyl groups is 1. The van der Waals surface area contributed by atoms with E-state index in [0.717, 1.165) is 23.7 Å². The number of hydrogen-bond donors (Lipinski definition) is 1. The van der Waals surface area contributed by atoms with Crippen LogP contribution in [0.2, 0.25) is 18.1 Å². The van der Waals surface area contributed by atoms with Gasteiger partial charge in [-0.1, -0.05) is 53.2 Å². The highest BCUT2D eigenvalue weighted by Crippen LogP contribution is 2.67. The van der Waals surface area contributed by atoms with Gasteiger partial charge in [0.2, 0.25) is 0 Å². The lowest BCUT2D eigenvalue weighted by Gasteiger charge is -2.59. The Labute approximate surface area is 193 Å². The van der Waals surface area contributed by atoms with Gasteiger partial charge in [-0.05, 0) is 110 Å². The maximum atomic E-state index is 9.86. The molecule has 0 aliphatic heterocycles. The SMILES string of the molecule is C[C@H](CO)[C@H]1CC[C@H]2[C@@H]3CC=C4C[C@@H](O[Si](C)(C)C(C)(C)C)CC[C@]4(C)[C@H]3CC[C@]12C. The summed E-state index contributed by atoms with van der Waals surface area (Å²) in [6.45, 7) is 19.8. The first-order chi connectivity index (χ1) is 14.3. The van der Waals surface area contributed by atoms with E-state index < -0.39 is 8.32 Å². The fourth-order valence-electron chi connectivity index (χ4n) is 8.42. The largest absolute Gasteiger partial charge is 0.414 e. The standard InChI is InChI=1S/C28H50O2Si/c1-19(18-29)23-11-12-24-22-10-9-20-17-21(30-31(7,8)26(2,3)4)13-15-27(20,5)25(22)14-16-28(23,24)6/h9,19,21-25,29H,10-18H2,1-8H3/t19-,21+,22+,23-,24+,25+,27+,28-/m1/s1. The van der Waals surface area contributed by atoms with Crippen molar-refractivity contribution in [3.05, 3.63) is 11.6 Å². The molecule has 4 aliphatic rings. The summed E-state index contributed by atoms with van der Waals surface area (Å²) < 4.78 is 6.89. The third-order valence-electron chi connectivity index (χ3n) is 11.4. The molecule has 0 unspecified atom stereocenters. The van der Waals surface area contributed by atoms with Crippen molar-refractivity contribution in [1.82, 2.24) is 0 Å². The number of fused-ring (bicyclic) bond motifs is 5. The zero-order chi connectivity index (χ0) is 22.8. The molecule has 0 bridgehead atoms. The van der Waals surface area contributed by atoms with Crippen LogP contribution >= 0.6 is 0 Å². The molecule has 4 aliphatic carbocycles. The van der Waals surface area contributed by atoms with Crippen LogP contribution in [0.15, 0.2) is 11.6 Å². The van der Waals surface area contributed by atoms with Crippen molar-refractivity contribution in [2.24, 2.45) is 40.4 Å². The van der Waals surface area contributed by atoms with Crippen molar-refractivity contribution in [3.8, 4) is 0 Å². The van der Waals surface area contributed by atoms with E-state index >= 15 is 0 Å². The molecule has 8 atom stereocenters. The van der Waals surface area contributed by atoms with E-state index in [1.807, 2.05) is 0 Å². The number of allylic oxidation sites excluding steroid dienone is 1. The first-order valence-electron chi connectivity index (χ1n) is 13.3. The van der Waals surface area contributed by atoms with Gasteiger partial charge in [-0.15, -0.1) is 0 Å². The Morgan fingerprint density at radius 2 is 1.81 bits per heavy atom. The lowest BCUT2D eigenvalue weighted by atomic mass is 9.47. The van der Waals surface area contributed by atoms with Crippen LogP contribution in [0.5, 0.6) is 0 Å². The minimum absolute atomic E-state index is 0.290. The average Bonchev–Trinajstić information content (AvgIpc) is 3.04. The fraction of sp³-hybridized carbons (Fsp3) is 0.929. The van der Waals surface area contributed by atoms with Gasteiger partial charge in [-0.25, -0.2) is 0 Å². The Hall–Kier alpha value is -0.123. The lowest BCUT2D eigenvalue weighted by molar-refractivity contribution is -0.0591. The van der Waals surface area contributed by atoms with E-state index in [4.69, 9.17) is 4.43 Å². The van der Waals surface area contributed by atoms with Gasteiger partial charge in [-0.2, -0.15) is 0 Å². The second-order valence-electron chi connectivity index (χ2n) is 13.9. The maximum absolute atomic E-state index is 9.86. The van der Waals surface area contributed by atoms with Gasteiger partial charge in [0.25, 0.3) is 0 Å². The summed E-state index contributed by atoms with van der Waals surface area (Å²) in [5.74, 6) is 3.76. The van der Waals surface area contributed by atoms with Crippen molar-refractivity contribution in [2.45, 2.75) is 117 Å². The summed E-state index contributed by atoms with van der Waals surface area (Å²) in [6, 6.07) is 0. The van der Waals surface area contributed by atoms with E-state index in [-0.39, 0.29) is 0 Å². The van der Waals surface area contributed by atoms with Crippen LogP contribution in [0.3, 0.4) is 0 Å². The molecule has 3 fully saturated rings. The van der Waals surface area contributed by atoms with Gasteiger partial charge in [-0.3, -0.25) is 0 Å². The second kappa shape index (κ2) is 7.98. The number of hydrogen-bond acceptors (Lipinski definition) is 2. The normalized spacial score (nSPS) is 44.2. The highest BCUT2D eigenvalue weighted by Gasteiger charge is 2.59. The van der Waals surface area contributed by atoms with E-state index in [0.29, 0.717) is 34.5 Å². The van der Waals surface area contributed by atoms with E-state index in [2.05, 4.69) is 60.7 Å². The van der Waals surface area contributed by atoms with Crippen molar-refractivity contribution in [2.75, 3.05) is 6.61 Å². The monoisotopic (exact) mass is 446 g/mol. The predicted molar refractivity (Wildman–Crippen MR) is 134 cm³/mol. The third-order valence-corrected chi connectivity index (χ3v) is 15.9. The number of rotatable bonds is 4. The maximum Gasteiger partial charge on any atom is 0.192 e. The van der Waals surface area contributed by atoms with Crippen LogP contribution in [0.1, 0.15) is 92.9 Å². The average molecular weight is 447 g/mol. The quantitative estimate of drug-likeness (QED) is 0.356. The summed E-state index contributed by atoms with van der Waals surface area (Å²) >= 11 is 0. The zero-order valence-electron chi connectivity index (χ0n) is 21.8. The Morgan fingerprint density at radius 3 is 2.45 bits per heavy atom. The molecular formula is C28H50O2Si. The van der Waals surface area contributed by atoms with Gasteiger partial charge in [0.15, 0.2) is 8.32 Å². The van der Waals surface area contributed by atoms with Gasteiger partial charge in [0, 0.05) is 12.7 Å². The molecule has 3 saturated carbocycles. The first kappa shape index (κ1) is 24.0. The molecule has 31 heavy (non-hydrogen) atoms. The lowest BCUT2D eigenvalue weighted by Crippen LogP contribution is -2.52. The Morgan fingerprint density at radius 1 is 1.10 bits per heavy atom. The van der Waals surface area contributed by atoms with Crippen LogP contribution in [0.25, 0.3) is 0 Å². The van der Waals surface area contributed by atoms with Crippen LogP contribution in [0, 0.1) is 40.4 Å². The highest BCUT2D eigenvalue weighted by molar-refractivity contribution is 6.74. The first-order valence-corrected chi connectivity index (χ1v) is 16.2. The summed E-state index contributed by atoms with van der Waals surface area (Å²) in [5.41, 5.74) is 2.59. The second-order valence-corrected chi connectivity index (χ2v) is 18.6. The highest BCUT2D eigenvalue weighted by atomic mass is 28.4. The molecule has 178 valence electrons. The molecule has 0 aromatic heterocycles. The van der Waals surface area contributed by atoms with Crippen molar-refractivity contribution >= 4 is 8.32 Å². The Bertz CT molecular complexity index is 706. The number of aliphatic hydroxyl groups excluding tert-OH is 1. The van der Waals surface area contributed by atoms with Crippen molar-refractivity contribution < 1.29 is 9.53 Å². The topological polar surface area (TPSA) is 29.5 Å². The van der Waals surface area contributed by atoms with Crippen LogP contribution in [0.4, 0.5) is 0 Å². The molecule has 2 nitrogen and oxygen atoms in total. The molecule has 3 heteroatoms. The van der Waals surface area contributed by atoms with Crippen LogP contribution in [-0.2, 0) is 4.43 Å². The Balaban J connectivity index is 1.52. The zero-order valence-corrected chi connectivity index (χ0v) is 22.8. The van der Waals surface area contributed by atoms with Crippen molar-refractivity contribution in [1.29, 1.82) is 0 Å². The van der Waals surface area contributed by atoms with E-state index in [1.54, 1.807) is 5.57 Å². The summed E-state index contributed by atoms with van der Waals surface area (Å²) in [4.78, 5) is 0. The summed E-state index contributed by atoms with van der Waals surface area (Å²) in [6.07, 6.45) is 13.7. The molecule has 0 heterocycles. The summed E-state index contributed by atoms with van der Waals surface area (Å²) in [5, 5.41) is 10.2. The molecule has 1 N–H and O–H groups in total. The third kappa shape index (κ3) is 3.83. The van der Waals surface area contributed by atoms with Crippen molar-refractivity contribution in [3.63, 3.8) is 0 Å². The summed E-state index contributed by atoms with van der Waals surface area (Å²) in [7, 11) is -1.71.